The van der Waals surface area contributed by atoms with Gasteiger partial charge in [0.2, 0.25) is 0 Å². The molecule has 21 heavy (non-hydrogen) atoms. The van der Waals surface area contributed by atoms with Crippen LogP contribution in [0.15, 0.2) is 18.2 Å². The Morgan fingerprint density at radius 3 is 2.67 bits per heavy atom. The summed E-state index contributed by atoms with van der Waals surface area (Å²) in [6.07, 6.45) is -0.952. The van der Waals surface area contributed by atoms with Crippen molar-refractivity contribution < 1.29 is 29.2 Å². The van der Waals surface area contributed by atoms with Crippen LogP contribution in [0, 0.1) is 0 Å². The molecular formula is C14H19ClO6. The number of halogens is 1. The highest BCUT2D eigenvalue weighted by Gasteiger charge is 2.12. The van der Waals surface area contributed by atoms with Crippen molar-refractivity contribution in [2.75, 3.05) is 26.9 Å². The molecule has 0 saturated carbocycles. The van der Waals surface area contributed by atoms with E-state index in [1.165, 1.54) is 18.2 Å². The van der Waals surface area contributed by atoms with E-state index in [2.05, 4.69) is 0 Å². The zero-order chi connectivity index (χ0) is 15.8. The van der Waals surface area contributed by atoms with Crippen molar-refractivity contribution in [2.24, 2.45) is 0 Å². The van der Waals surface area contributed by atoms with Gasteiger partial charge in [0, 0.05) is 7.11 Å². The van der Waals surface area contributed by atoms with E-state index in [9.17, 15) is 9.90 Å². The summed E-state index contributed by atoms with van der Waals surface area (Å²) in [6, 6.07) is 4.28. The standard InChI is InChI=1S/C14H19ClO6/c1-9(6-19-2)20-7-10(16)8-21-11-3-4-13(15)12(5-11)14(17)18/h3-5,9-10,16H,6-8H2,1-2H3,(H,17,18). The lowest BCUT2D eigenvalue weighted by Crippen LogP contribution is -2.27. The molecule has 0 heterocycles. The van der Waals surface area contributed by atoms with E-state index in [0.29, 0.717) is 12.4 Å². The largest absolute Gasteiger partial charge is 0.491 e. The van der Waals surface area contributed by atoms with Crippen LogP contribution in [-0.2, 0) is 9.47 Å². The second-order valence-electron chi connectivity index (χ2n) is 4.51. The van der Waals surface area contributed by atoms with Crippen LogP contribution in [-0.4, -0.2) is 55.3 Å². The molecule has 0 aliphatic carbocycles. The van der Waals surface area contributed by atoms with Crippen molar-refractivity contribution in [1.29, 1.82) is 0 Å². The summed E-state index contributed by atoms with van der Waals surface area (Å²) < 4.78 is 15.6. The zero-order valence-corrected chi connectivity index (χ0v) is 12.7. The van der Waals surface area contributed by atoms with Crippen molar-refractivity contribution in [1.82, 2.24) is 0 Å². The first-order valence-electron chi connectivity index (χ1n) is 6.38. The molecule has 0 saturated heterocycles. The molecular weight excluding hydrogens is 300 g/mol. The summed E-state index contributed by atoms with van der Waals surface area (Å²) in [5, 5.41) is 18.8. The molecule has 1 aromatic carbocycles. The summed E-state index contributed by atoms with van der Waals surface area (Å²) in [4.78, 5) is 10.9. The summed E-state index contributed by atoms with van der Waals surface area (Å²) >= 11 is 5.75. The first-order valence-corrected chi connectivity index (χ1v) is 6.76. The van der Waals surface area contributed by atoms with E-state index in [-0.39, 0.29) is 29.9 Å². The van der Waals surface area contributed by atoms with Crippen LogP contribution in [0.3, 0.4) is 0 Å². The van der Waals surface area contributed by atoms with Crippen LogP contribution in [0.5, 0.6) is 5.75 Å². The maximum Gasteiger partial charge on any atom is 0.337 e. The van der Waals surface area contributed by atoms with Crippen LogP contribution >= 0.6 is 11.6 Å². The monoisotopic (exact) mass is 318 g/mol. The fraction of sp³-hybridized carbons (Fsp3) is 0.500. The smallest absolute Gasteiger partial charge is 0.337 e. The number of ether oxygens (including phenoxy) is 3. The predicted octanol–water partition coefficient (Wildman–Crippen LogP) is 1.83. The third-order valence-electron chi connectivity index (χ3n) is 2.59. The summed E-state index contributed by atoms with van der Waals surface area (Å²) in [5.74, 6) is -0.816. The predicted molar refractivity (Wildman–Crippen MR) is 77.2 cm³/mol. The maximum absolute atomic E-state index is 10.9. The molecule has 7 heteroatoms. The second kappa shape index (κ2) is 8.84. The minimum Gasteiger partial charge on any atom is -0.491 e. The number of carboxylic acids is 1. The molecule has 1 rings (SSSR count). The fourth-order valence-corrected chi connectivity index (χ4v) is 1.76. The van der Waals surface area contributed by atoms with Gasteiger partial charge in [0.05, 0.1) is 29.9 Å². The minimum absolute atomic E-state index is 0.0135. The Hall–Kier alpha value is -1.34. The van der Waals surface area contributed by atoms with Gasteiger partial charge < -0.3 is 24.4 Å². The molecule has 0 radical (unpaired) electrons. The number of methoxy groups -OCH3 is 1. The molecule has 118 valence electrons. The lowest BCUT2D eigenvalue weighted by atomic mass is 10.2. The topological polar surface area (TPSA) is 85.2 Å². The van der Waals surface area contributed by atoms with Gasteiger partial charge in [-0.05, 0) is 25.1 Å². The number of carboxylic acid groups (broad SMARTS) is 1. The van der Waals surface area contributed by atoms with E-state index in [4.69, 9.17) is 30.9 Å². The minimum atomic E-state index is -1.14. The van der Waals surface area contributed by atoms with Crippen LogP contribution in [0.25, 0.3) is 0 Å². The van der Waals surface area contributed by atoms with Crippen molar-refractivity contribution in [3.05, 3.63) is 28.8 Å². The number of aliphatic hydroxyl groups is 1. The Morgan fingerprint density at radius 1 is 1.33 bits per heavy atom. The fourth-order valence-electron chi connectivity index (χ4n) is 1.56. The van der Waals surface area contributed by atoms with Gasteiger partial charge in [0.15, 0.2) is 0 Å². The molecule has 0 bridgehead atoms. The Balaban J connectivity index is 2.44. The van der Waals surface area contributed by atoms with Gasteiger partial charge in [-0.1, -0.05) is 11.6 Å². The molecule has 1 aromatic rings. The quantitative estimate of drug-likeness (QED) is 0.722. The number of benzene rings is 1. The lowest BCUT2D eigenvalue weighted by Gasteiger charge is -2.16. The molecule has 2 atom stereocenters. The first kappa shape index (κ1) is 17.7. The van der Waals surface area contributed by atoms with Gasteiger partial charge in [0.25, 0.3) is 0 Å². The van der Waals surface area contributed by atoms with E-state index in [0.717, 1.165) is 0 Å². The van der Waals surface area contributed by atoms with Crippen molar-refractivity contribution in [3.8, 4) is 5.75 Å². The number of rotatable bonds is 9. The number of aromatic carboxylic acids is 1. The highest BCUT2D eigenvalue weighted by molar-refractivity contribution is 6.33. The molecule has 0 aromatic heterocycles. The SMILES string of the molecule is COCC(C)OCC(O)COc1ccc(Cl)c(C(=O)O)c1. The second-order valence-corrected chi connectivity index (χ2v) is 4.92. The van der Waals surface area contributed by atoms with Gasteiger partial charge >= 0.3 is 5.97 Å². The van der Waals surface area contributed by atoms with Gasteiger partial charge in [-0.2, -0.15) is 0 Å². The molecule has 2 unspecified atom stereocenters. The number of aliphatic hydroxyl groups excluding tert-OH is 1. The summed E-state index contributed by atoms with van der Waals surface area (Å²) in [6.45, 7) is 2.35. The van der Waals surface area contributed by atoms with E-state index in [1.54, 1.807) is 7.11 Å². The van der Waals surface area contributed by atoms with E-state index >= 15 is 0 Å². The Morgan fingerprint density at radius 2 is 2.05 bits per heavy atom. The van der Waals surface area contributed by atoms with Crippen LogP contribution in [0.1, 0.15) is 17.3 Å². The first-order chi connectivity index (χ1) is 9.93. The molecule has 0 amide bonds. The van der Waals surface area contributed by atoms with Gasteiger partial charge in [-0.25, -0.2) is 4.79 Å². The molecule has 2 N–H and O–H groups in total. The molecule has 0 spiro atoms. The van der Waals surface area contributed by atoms with Gasteiger partial charge in [-0.3, -0.25) is 0 Å². The summed E-state index contributed by atoms with van der Waals surface area (Å²) in [5.41, 5.74) is -0.0476. The average molecular weight is 319 g/mol. The van der Waals surface area contributed by atoms with E-state index in [1.807, 2.05) is 6.92 Å². The van der Waals surface area contributed by atoms with Crippen LogP contribution < -0.4 is 4.74 Å². The maximum atomic E-state index is 10.9. The van der Waals surface area contributed by atoms with Gasteiger partial charge in [-0.15, -0.1) is 0 Å². The third kappa shape index (κ3) is 6.31. The normalized spacial score (nSPS) is 13.7. The van der Waals surface area contributed by atoms with Crippen molar-refractivity contribution in [2.45, 2.75) is 19.1 Å². The lowest BCUT2D eigenvalue weighted by molar-refractivity contribution is -0.0423. The summed E-state index contributed by atoms with van der Waals surface area (Å²) in [7, 11) is 1.57. The van der Waals surface area contributed by atoms with Crippen LogP contribution in [0.4, 0.5) is 0 Å². The highest BCUT2D eigenvalue weighted by atomic mass is 35.5. The number of hydrogen-bond donors (Lipinski definition) is 2. The molecule has 0 fully saturated rings. The Labute approximate surface area is 128 Å². The molecule has 0 aliphatic rings. The van der Waals surface area contributed by atoms with Crippen LogP contribution in [0.2, 0.25) is 5.02 Å². The van der Waals surface area contributed by atoms with E-state index < -0.39 is 12.1 Å². The third-order valence-corrected chi connectivity index (χ3v) is 2.91. The molecule has 6 nitrogen and oxygen atoms in total. The van der Waals surface area contributed by atoms with Gasteiger partial charge in [0.1, 0.15) is 18.5 Å². The highest BCUT2D eigenvalue weighted by Crippen LogP contribution is 2.22. The van der Waals surface area contributed by atoms with Crippen molar-refractivity contribution in [3.63, 3.8) is 0 Å². The average Bonchev–Trinajstić information content (AvgIpc) is 2.44. The number of hydrogen-bond acceptors (Lipinski definition) is 5. The Bertz CT molecular complexity index is 465. The number of carbonyl (C=O) groups is 1. The Kier molecular flexibility index (Phi) is 7.45. The van der Waals surface area contributed by atoms with Crippen molar-refractivity contribution >= 4 is 17.6 Å². The molecule has 0 aliphatic heterocycles. The zero-order valence-electron chi connectivity index (χ0n) is 11.9.